The van der Waals surface area contributed by atoms with Crippen molar-refractivity contribution in [2.45, 2.75) is 37.0 Å². The second-order valence-electron chi connectivity index (χ2n) is 4.27. The molecule has 0 aromatic heterocycles. The van der Waals surface area contributed by atoms with Gasteiger partial charge in [-0.25, -0.2) is 0 Å². The van der Waals surface area contributed by atoms with Gasteiger partial charge in [0.1, 0.15) is 0 Å². The van der Waals surface area contributed by atoms with E-state index in [2.05, 4.69) is 4.90 Å². The first kappa shape index (κ1) is 9.40. The van der Waals surface area contributed by atoms with E-state index in [1.165, 1.54) is 0 Å². The van der Waals surface area contributed by atoms with Crippen LogP contribution in [0.1, 0.15) is 19.3 Å². The van der Waals surface area contributed by atoms with Gasteiger partial charge in [0.25, 0.3) is 0 Å². The van der Waals surface area contributed by atoms with Crippen molar-refractivity contribution in [2.24, 2.45) is 0 Å². The highest BCUT2D eigenvalue weighted by Crippen LogP contribution is 2.37. The molecule has 0 saturated carbocycles. The van der Waals surface area contributed by atoms with E-state index in [1.54, 1.807) is 0 Å². The maximum absolute atomic E-state index is 9.53. The van der Waals surface area contributed by atoms with Gasteiger partial charge in [0.05, 0.1) is 18.8 Å². The Hall–Kier alpha value is -0.160. The quantitative estimate of drug-likeness (QED) is 0.489. The van der Waals surface area contributed by atoms with Crippen molar-refractivity contribution >= 4 is 0 Å². The third-order valence-corrected chi connectivity index (χ3v) is 3.48. The summed E-state index contributed by atoms with van der Waals surface area (Å²) >= 11 is 0. The van der Waals surface area contributed by atoms with Gasteiger partial charge in [-0.3, -0.25) is 4.90 Å². The predicted molar refractivity (Wildman–Crippen MR) is 47.3 cm³/mol. The SMILES string of the molecule is OC[C@]12CCCN1C[C@H](O)[C@H](O)C2. The zero-order chi connectivity index (χ0) is 9.47. The highest BCUT2D eigenvalue weighted by molar-refractivity contribution is 5.02. The van der Waals surface area contributed by atoms with Gasteiger partial charge < -0.3 is 15.3 Å². The molecule has 2 aliphatic heterocycles. The first-order valence-electron chi connectivity index (χ1n) is 4.90. The maximum Gasteiger partial charge on any atom is 0.0926 e. The van der Waals surface area contributed by atoms with Crippen LogP contribution in [0.25, 0.3) is 0 Å². The Morgan fingerprint density at radius 1 is 1.31 bits per heavy atom. The molecule has 0 bridgehead atoms. The lowest BCUT2D eigenvalue weighted by molar-refractivity contribution is -0.0968. The van der Waals surface area contributed by atoms with Crippen LogP contribution in [0.4, 0.5) is 0 Å². The number of nitrogens with zero attached hydrogens (tertiary/aromatic N) is 1. The molecule has 3 N–H and O–H groups in total. The fraction of sp³-hybridized carbons (Fsp3) is 1.00. The van der Waals surface area contributed by atoms with E-state index in [0.717, 1.165) is 19.4 Å². The molecule has 13 heavy (non-hydrogen) atoms. The van der Waals surface area contributed by atoms with E-state index in [0.29, 0.717) is 13.0 Å². The van der Waals surface area contributed by atoms with Crippen LogP contribution in [-0.4, -0.2) is 57.7 Å². The summed E-state index contributed by atoms with van der Waals surface area (Å²) in [6, 6.07) is 0. The topological polar surface area (TPSA) is 63.9 Å². The van der Waals surface area contributed by atoms with Crippen LogP contribution in [0.3, 0.4) is 0 Å². The lowest BCUT2D eigenvalue weighted by Gasteiger charge is -2.45. The van der Waals surface area contributed by atoms with Gasteiger partial charge in [0.15, 0.2) is 0 Å². The Morgan fingerprint density at radius 3 is 2.77 bits per heavy atom. The number of β-amino-alcohol motifs (C(OH)–C–C–N with tert-alkyl or cyclic N) is 1. The van der Waals surface area contributed by atoms with E-state index in [4.69, 9.17) is 0 Å². The molecule has 2 aliphatic rings. The van der Waals surface area contributed by atoms with E-state index in [9.17, 15) is 15.3 Å². The molecule has 4 heteroatoms. The van der Waals surface area contributed by atoms with Crippen molar-refractivity contribution in [3.05, 3.63) is 0 Å². The van der Waals surface area contributed by atoms with Crippen LogP contribution in [0.2, 0.25) is 0 Å². The third-order valence-electron chi connectivity index (χ3n) is 3.48. The largest absolute Gasteiger partial charge is 0.394 e. The number of hydrogen-bond acceptors (Lipinski definition) is 4. The lowest BCUT2D eigenvalue weighted by atomic mass is 9.84. The summed E-state index contributed by atoms with van der Waals surface area (Å²) < 4.78 is 0. The van der Waals surface area contributed by atoms with Gasteiger partial charge >= 0.3 is 0 Å². The van der Waals surface area contributed by atoms with Crippen molar-refractivity contribution in [1.29, 1.82) is 0 Å². The van der Waals surface area contributed by atoms with Crippen LogP contribution in [-0.2, 0) is 0 Å². The number of hydrogen-bond donors (Lipinski definition) is 3. The summed E-state index contributed by atoms with van der Waals surface area (Å²) in [5, 5.41) is 28.3. The Kier molecular flexibility index (Phi) is 2.32. The summed E-state index contributed by atoms with van der Waals surface area (Å²) in [6.45, 7) is 1.53. The molecule has 0 amide bonds. The minimum atomic E-state index is -0.665. The highest BCUT2D eigenvalue weighted by Gasteiger charge is 2.47. The average molecular weight is 187 g/mol. The zero-order valence-electron chi connectivity index (χ0n) is 7.69. The molecular weight excluding hydrogens is 170 g/mol. The molecule has 0 aromatic rings. The Balaban J connectivity index is 2.15. The number of piperidine rings is 1. The van der Waals surface area contributed by atoms with Gasteiger partial charge in [-0.1, -0.05) is 0 Å². The van der Waals surface area contributed by atoms with Gasteiger partial charge in [0.2, 0.25) is 0 Å². The maximum atomic E-state index is 9.53. The first-order valence-corrected chi connectivity index (χ1v) is 4.90. The fourth-order valence-electron chi connectivity index (χ4n) is 2.63. The summed E-state index contributed by atoms with van der Waals surface area (Å²) in [6.07, 6.45) is 1.19. The van der Waals surface area contributed by atoms with Gasteiger partial charge in [-0.05, 0) is 25.8 Å². The third kappa shape index (κ3) is 1.38. The van der Waals surface area contributed by atoms with Crippen LogP contribution in [0.15, 0.2) is 0 Å². The van der Waals surface area contributed by atoms with Gasteiger partial charge in [-0.2, -0.15) is 0 Å². The van der Waals surface area contributed by atoms with Crippen LogP contribution < -0.4 is 0 Å². The number of aliphatic hydroxyl groups excluding tert-OH is 3. The van der Waals surface area contributed by atoms with Crippen molar-refractivity contribution in [3.63, 3.8) is 0 Å². The molecule has 0 spiro atoms. The summed E-state index contributed by atoms with van der Waals surface area (Å²) in [4.78, 5) is 2.12. The zero-order valence-corrected chi connectivity index (χ0v) is 7.69. The van der Waals surface area contributed by atoms with Crippen molar-refractivity contribution in [1.82, 2.24) is 4.90 Å². The molecule has 2 fully saturated rings. The molecule has 2 rings (SSSR count). The lowest BCUT2D eigenvalue weighted by Crippen LogP contribution is -2.59. The van der Waals surface area contributed by atoms with E-state index in [-0.39, 0.29) is 12.1 Å². The minimum absolute atomic E-state index is 0.0940. The minimum Gasteiger partial charge on any atom is -0.394 e. The summed E-state index contributed by atoms with van der Waals surface area (Å²) in [7, 11) is 0. The Bertz CT molecular complexity index is 199. The molecule has 0 aliphatic carbocycles. The van der Waals surface area contributed by atoms with Crippen LogP contribution in [0, 0.1) is 0 Å². The predicted octanol–water partition coefficient (Wildman–Crippen LogP) is -1.06. The molecule has 4 nitrogen and oxygen atoms in total. The molecular formula is C9H17NO3. The van der Waals surface area contributed by atoms with Crippen LogP contribution in [0.5, 0.6) is 0 Å². The highest BCUT2D eigenvalue weighted by atomic mass is 16.3. The molecule has 0 unspecified atom stereocenters. The average Bonchev–Trinajstić information content (AvgIpc) is 2.49. The molecule has 2 heterocycles. The molecule has 76 valence electrons. The standard InChI is InChI=1S/C9H17NO3/c11-6-9-2-1-3-10(9)5-8(13)7(12)4-9/h7-8,11-13H,1-6H2/t7-,8+,9-/m1/s1. The normalized spacial score (nSPS) is 46.4. The van der Waals surface area contributed by atoms with Gasteiger partial charge in [-0.15, -0.1) is 0 Å². The summed E-state index contributed by atoms with van der Waals surface area (Å²) in [5.74, 6) is 0. The van der Waals surface area contributed by atoms with E-state index >= 15 is 0 Å². The van der Waals surface area contributed by atoms with Crippen LogP contribution >= 0.6 is 0 Å². The Labute approximate surface area is 77.8 Å². The number of aliphatic hydroxyl groups is 3. The monoisotopic (exact) mass is 187 g/mol. The van der Waals surface area contributed by atoms with E-state index < -0.39 is 12.2 Å². The Morgan fingerprint density at radius 2 is 2.08 bits per heavy atom. The second-order valence-corrected chi connectivity index (χ2v) is 4.27. The summed E-state index contributed by atoms with van der Waals surface area (Å²) in [5.41, 5.74) is -0.237. The van der Waals surface area contributed by atoms with Crippen molar-refractivity contribution in [2.75, 3.05) is 19.7 Å². The molecule has 3 atom stereocenters. The van der Waals surface area contributed by atoms with Gasteiger partial charge in [0, 0.05) is 12.1 Å². The molecule has 2 saturated heterocycles. The number of rotatable bonds is 1. The first-order chi connectivity index (χ1) is 6.18. The van der Waals surface area contributed by atoms with Crippen molar-refractivity contribution < 1.29 is 15.3 Å². The number of fused-ring (bicyclic) bond motifs is 1. The molecule has 0 aromatic carbocycles. The van der Waals surface area contributed by atoms with Crippen molar-refractivity contribution in [3.8, 4) is 0 Å². The molecule has 0 radical (unpaired) electrons. The fourth-order valence-corrected chi connectivity index (χ4v) is 2.63. The smallest absolute Gasteiger partial charge is 0.0926 e. The second kappa shape index (κ2) is 3.20. The van der Waals surface area contributed by atoms with E-state index in [1.807, 2.05) is 0 Å².